The number of halogens is 1. The van der Waals surface area contributed by atoms with Crippen molar-refractivity contribution in [2.24, 2.45) is 23.7 Å². The molecule has 2 bridgehead atoms. The number of fused-ring (bicyclic) bond motifs is 5. The lowest BCUT2D eigenvalue weighted by atomic mass is 9.81. The maximum atomic E-state index is 13.1. The Bertz CT molecular complexity index is 976. The number of hydrogen-bond donors (Lipinski definition) is 0. The average molecular weight is 396 g/mol. The first-order valence-electron chi connectivity index (χ1n) is 9.50. The number of ether oxygens (including phenoxy) is 1. The summed E-state index contributed by atoms with van der Waals surface area (Å²) >= 11 is 6.08. The van der Waals surface area contributed by atoms with Crippen LogP contribution in [-0.4, -0.2) is 17.8 Å². The molecule has 4 unspecified atom stereocenters. The fraction of sp³-hybridized carbons (Fsp3) is 0.318. The number of imide groups is 1. The molecule has 0 spiro atoms. The van der Waals surface area contributed by atoms with Gasteiger partial charge in [0, 0.05) is 0 Å². The molecule has 1 saturated heterocycles. The van der Waals surface area contributed by atoms with E-state index in [0.717, 1.165) is 19.3 Å². The van der Waals surface area contributed by atoms with Crippen molar-refractivity contribution < 1.29 is 19.1 Å². The van der Waals surface area contributed by atoms with Crippen LogP contribution in [0.2, 0.25) is 5.02 Å². The minimum atomic E-state index is -0.627. The quantitative estimate of drug-likeness (QED) is 0.446. The number of esters is 1. The van der Waals surface area contributed by atoms with E-state index in [9.17, 15) is 14.4 Å². The average Bonchev–Trinajstić information content (AvgIpc) is 3.37. The van der Waals surface area contributed by atoms with E-state index in [0.29, 0.717) is 17.5 Å². The zero-order valence-electron chi connectivity index (χ0n) is 15.0. The summed E-state index contributed by atoms with van der Waals surface area (Å²) in [5, 5.41) is 0.282. The van der Waals surface area contributed by atoms with Crippen LogP contribution in [0.25, 0.3) is 0 Å². The molecule has 1 aliphatic heterocycles. The van der Waals surface area contributed by atoms with E-state index >= 15 is 0 Å². The molecule has 142 valence electrons. The maximum Gasteiger partial charge on any atom is 0.345 e. The minimum Gasteiger partial charge on any atom is -0.421 e. The molecule has 2 aromatic rings. The summed E-state index contributed by atoms with van der Waals surface area (Å²) in [6, 6.07) is 13.3. The molecule has 6 heteroatoms. The Balaban J connectivity index is 1.48. The highest BCUT2D eigenvalue weighted by Gasteiger charge is 2.61. The molecular weight excluding hydrogens is 378 g/mol. The van der Waals surface area contributed by atoms with Gasteiger partial charge in [-0.1, -0.05) is 35.9 Å². The number of carbonyl (C=O) groups excluding carboxylic acids is 3. The zero-order chi connectivity index (χ0) is 19.4. The van der Waals surface area contributed by atoms with Gasteiger partial charge in [-0.2, -0.15) is 0 Å². The van der Waals surface area contributed by atoms with Crippen LogP contribution < -0.4 is 9.64 Å². The van der Waals surface area contributed by atoms with Crippen LogP contribution in [-0.2, 0) is 9.59 Å². The molecule has 2 aromatic carbocycles. The van der Waals surface area contributed by atoms with Gasteiger partial charge in [0.05, 0.1) is 28.1 Å². The summed E-state index contributed by atoms with van der Waals surface area (Å²) in [5.41, 5.74) is 0.555. The van der Waals surface area contributed by atoms with Gasteiger partial charge in [-0.05, 0) is 55.4 Å². The summed E-state index contributed by atoms with van der Waals surface area (Å²) in [7, 11) is 0. The molecule has 3 fully saturated rings. The second-order valence-electron chi connectivity index (χ2n) is 7.73. The highest BCUT2D eigenvalue weighted by atomic mass is 35.5. The number of hydrogen-bond acceptors (Lipinski definition) is 4. The van der Waals surface area contributed by atoms with E-state index in [1.165, 1.54) is 4.90 Å². The van der Waals surface area contributed by atoms with Crippen LogP contribution in [0.15, 0.2) is 48.5 Å². The van der Waals surface area contributed by atoms with Gasteiger partial charge in [0.15, 0.2) is 5.75 Å². The second-order valence-corrected chi connectivity index (χ2v) is 8.14. The van der Waals surface area contributed by atoms with Crippen LogP contribution in [0.3, 0.4) is 0 Å². The van der Waals surface area contributed by atoms with Gasteiger partial charge in [0.2, 0.25) is 11.8 Å². The van der Waals surface area contributed by atoms with Crippen molar-refractivity contribution in [2.45, 2.75) is 19.3 Å². The van der Waals surface area contributed by atoms with Gasteiger partial charge in [-0.15, -0.1) is 0 Å². The largest absolute Gasteiger partial charge is 0.421 e. The van der Waals surface area contributed by atoms with E-state index in [-0.39, 0.29) is 40.0 Å². The first kappa shape index (κ1) is 17.4. The van der Waals surface area contributed by atoms with Crippen LogP contribution in [0.4, 0.5) is 5.69 Å². The number of rotatable bonds is 3. The Morgan fingerprint density at radius 2 is 1.54 bits per heavy atom. The van der Waals surface area contributed by atoms with Crippen LogP contribution >= 0.6 is 11.6 Å². The first-order chi connectivity index (χ1) is 13.6. The molecule has 1 heterocycles. The third-order valence-electron chi connectivity index (χ3n) is 6.33. The molecule has 0 radical (unpaired) electrons. The third-order valence-corrected chi connectivity index (χ3v) is 6.66. The van der Waals surface area contributed by atoms with Crippen LogP contribution in [0.5, 0.6) is 5.75 Å². The van der Waals surface area contributed by atoms with E-state index < -0.39 is 5.97 Å². The molecule has 0 aromatic heterocycles. The van der Waals surface area contributed by atoms with Gasteiger partial charge in [-0.3, -0.25) is 9.59 Å². The van der Waals surface area contributed by atoms with Crippen LogP contribution in [0.1, 0.15) is 29.6 Å². The lowest BCUT2D eigenvalue weighted by Crippen LogP contribution is -2.33. The summed E-state index contributed by atoms with van der Waals surface area (Å²) in [4.78, 5) is 40.0. The topological polar surface area (TPSA) is 63.7 Å². The smallest absolute Gasteiger partial charge is 0.345 e. The van der Waals surface area contributed by atoms with Gasteiger partial charge in [0.25, 0.3) is 0 Å². The first-order valence-corrected chi connectivity index (χ1v) is 9.87. The number of anilines is 1. The van der Waals surface area contributed by atoms with Crippen molar-refractivity contribution in [2.75, 3.05) is 4.90 Å². The Kier molecular flexibility index (Phi) is 4.02. The van der Waals surface area contributed by atoms with Crippen molar-refractivity contribution in [3.8, 4) is 5.75 Å². The second kappa shape index (κ2) is 6.45. The lowest BCUT2D eigenvalue weighted by molar-refractivity contribution is -0.123. The van der Waals surface area contributed by atoms with Gasteiger partial charge < -0.3 is 4.74 Å². The van der Waals surface area contributed by atoms with Gasteiger partial charge in [-0.25, -0.2) is 9.69 Å². The fourth-order valence-electron chi connectivity index (χ4n) is 5.16. The molecule has 3 aliphatic rings. The molecule has 4 atom stereocenters. The summed E-state index contributed by atoms with van der Waals surface area (Å²) in [6.45, 7) is 0. The molecule has 5 nitrogen and oxygen atoms in total. The lowest BCUT2D eigenvalue weighted by Gasteiger charge is -2.20. The predicted molar refractivity (Wildman–Crippen MR) is 103 cm³/mol. The monoisotopic (exact) mass is 395 g/mol. The standard InChI is InChI=1S/C22H18ClNO4/c23-15-6-2-1-5-14(15)22(27)28-17-8-4-3-7-16(17)24-20(25)18-12-9-10-13(11-12)19(18)21(24)26/h1-8,12-13,18-19H,9-11H2. The van der Waals surface area contributed by atoms with Crippen molar-refractivity contribution in [1.82, 2.24) is 0 Å². The van der Waals surface area contributed by atoms with E-state index in [4.69, 9.17) is 16.3 Å². The fourth-order valence-corrected chi connectivity index (χ4v) is 5.37. The zero-order valence-corrected chi connectivity index (χ0v) is 15.8. The highest BCUT2D eigenvalue weighted by Crippen LogP contribution is 2.57. The molecule has 5 rings (SSSR count). The highest BCUT2D eigenvalue weighted by molar-refractivity contribution is 6.33. The Labute approximate surface area is 167 Å². The van der Waals surface area contributed by atoms with Crippen LogP contribution in [0, 0.1) is 23.7 Å². The SMILES string of the molecule is O=C(Oc1ccccc1N1C(=O)C2C3CCC(C3)C2C1=O)c1ccccc1Cl. The van der Waals surface area contributed by atoms with Crippen molar-refractivity contribution in [1.29, 1.82) is 0 Å². The third kappa shape index (κ3) is 2.49. The van der Waals surface area contributed by atoms with E-state index in [1.807, 2.05) is 0 Å². The molecule has 0 N–H and O–H groups in total. The molecule has 28 heavy (non-hydrogen) atoms. The normalized spacial score (nSPS) is 28.0. The number of benzene rings is 2. The number of para-hydroxylation sites is 2. The molecule has 2 saturated carbocycles. The molecule has 2 amide bonds. The number of amides is 2. The van der Waals surface area contributed by atoms with Gasteiger partial charge >= 0.3 is 5.97 Å². The molecule has 2 aliphatic carbocycles. The Morgan fingerprint density at radius 3 is 2.21 bits per heavy atom. The Morgan fingerprint density at radius 1 is 0.929 bits per heavy atom. The summed E-state index contributed by atoms with van der Waals surface area (Å²) in [5.74, 6) is -0.619. The van der Waals surface area contributed by atoms with E-state index in [2.05, 4.69) is 0 Å². The maximum absolute atomic E-state index is 13.1. The predicted octanol–water partition coefficient (Wildman–Crippen LogP) is 4.09. The minimum absolute atomic E-state index is 0.163. The van der Waals surface area contributed by atoms with Gasteiger partial charge in [0.1, 0.15) is 0 Å². The summed E-state index contributed by atoms with van der Waals surface area (Å²) in [6.07, 6.45) is 3.01. The van der Waals surface area contributed by atoms with Crippen molar-refractivity contribution in [3.05, 3.63) is 59.1 Å². The van der Waals surface area contributed by atoms with Crippen molar-refractivity contribution in [3.63, 3.8) is 0 Å². The number of nitrogens with zero attached hydrogens (tertiary/aromatic N) is 1. The number of carbonyl (C=O) groups is 3. The summed E-state index contributed by atoms with van der Waals surface area (Å²) < 4.78 is 5.54. The van der Waals surface area contributed by atoms with E-state index in [1.54, 1.807) is 48.5 Å². The van der Waals surface area contributed by atoms with Crippen molar-refractivity contribution >= 4 is 35.1 Å². The Hall–Kier alpha value is -2.66. The molecular formula is C22H18ClNO4.